The summed E-state index contributed by atoms with van der Waals surface area (Å²) in [4.78, 5) is 26.8. The molecule has 4 heteroatoms. The molecule has 0 saturated carbocycles. The molecule has 0 bridgehead atoms. The van der Waals surface area contributed by atoms with E-state index in [4.69, 9.17) is 9.47 Å². The number of esters is 2. The molecule has 0 amide bonds. The largest absolute Gasteiger partial charge is 0.466 e. The lowest BCUT2D eigenvalue weighted by Crippen LogP contribution is -2.33. The minimum Gasteiger partial charge on any atom is -0.466 e. The van der Waals surface area contributed by atoms with Crippen molar-refractivity contribution < 1.29 is 19.1 Å². The van der Waals surface area contributed by atoms with E-state index in [0.29, 0.717) is 19.6 Å². The minimum absolute atomic E-state index is 0.172. The number of hydrogen-bond donors (Lipinski definition) is 0. The molecule has 0 heterocycles. The summed E-state index contributed by atoms with van der Waals surface area (Å²) in [5, 5.41) is 0. The molecule has 2 atom stereocenters. The average molecular weight is 731 g/mol. The fourth-order valence-corrected chi connectivity index (χ4v) is 7.25. The first-order valence-corrected chi connectivity index (χ1v) is 23.2. The molecule has 0 aliphatic carbocycles. The summed E-state index contributed by atoms with van der Waals surface area (Å²) in [5.74, 6) is -1.16. The Kier molecular flexibility index (Phi) is 40.9. The van der Waals surface area contributed by atoms with Gasteiger partial charge in [0.15, 0.2) is 0 Å². The molecule has 0 spiro atoms. The van der Waals surface area contributed by atoms with Gasteiger partial charge >= 0.3 is 11.9 Å². The highest BCUT2D eigenvalue weighted by Gasteiger charge is 2.35. The van der Waals surface area contributed by atoms with Crippen LogP contribution in [0.4, 0.5) is 0 Å². The second-order valence-electron chi connectivity index (χ2n) is 15.6. The van der Waals surface area contributed by atoms with E-state index in [1.165, 1.54) is 148 Å². The minimum atomic E-state index is -0.395. The van der Waals surface area contributed by atoms with Crippen molar-refractivity contribution in [1.82, 2.24) is 0 Å². The van der Waals surface area contributed by atoms with Crippen LogP contribution in [0.1, 0.15) is 246 Å². The normalized spacial score (nSPS) is 12.9. The number of ether oxygens (including phenoxy) is 2. The Bertz CT molecular complexity index is 802. The highest BCUT2D eigenvalue weighted by Crippen LogP contribution is 2.28. The second-order valence-corrected chi connectivity index (χ2v) is 15.6. The van der Waals surface area contributed by atoms with Gasteiger partial charge in [0.05, 0.1) is 25.0 Å². The van der Waals surface area contributed by atoms with Crippen molar-refractivity contribution in [2.24, 2.45) is 11.8 Å². The van der Waals surface area contributed by atoms with Crippen molar-refractivity contribution in [2.45, 2.75) is 246 Å². The Morgan fingerprint density at radius 2 is 0.654 bits per heavy atom. The summed E-state index contributed by atoms with van der Waals surface area (Å²) in [6.45, 7) is 9.49. The molecule has 0 radical (unpaired) electrons. The quantitative estimate of drug-likeness (QED) is 0.0357. The van der Waals surface area contributed by atoms with Gasteiger partial charge in [0.2, 0.25) is 0 Å². The van der Waals surface area contributed by atoms with Crippen molar-refractivity contribution in [2.75, 3.05) is 13.2 Å². The van der Waals surface area contributed by atoms with Crippen LogP contribution >= 0.6 is 0 Å². The smallest absolute Gasteiger partial charge is 0.309 e. The lowest BCUT2D eigenvalue weighted by atomic mass is 9.83. The van der Waals surface area contributed by atoms with Gasteiger partial charge in [-0.05, 0) is 77.6 Å². The molecular formula is C48H90O4. The fourth-order valence-electron chi connectivity index (χ4n) is 7.25. The van der Waals surface area contributed by atoms with Crippen LogP contribution < -0.4 is 0 Å². The number of carbonyl (C=O) groups excluding carboxylic acids is 2. The first-order chi connectivity index (χ1) is 25.6. The first-order valence-electron chi connectivity index (χ1n) is 23.2. The van der Waals surface area contributed by atoms with Gasteiger partial charge in [-0.15, -0.1) is 0 Å². The zero-order valence-corrected chi connectivity index (χ0v) is 35.6. The molecule has 0 aromatic heterocycles. The third-order valence-electron chi connectivity index (χ3n) is 10.7. The van der Waals surface area contributed by atoms with E-state index in [-0.39, 0.29) is 11.9 Å². The van der Waals surface area contributed by atoms with Gasteiger partial charge in [0, 0.05) is 0 Å². The van der Waals surface area contributed by atoms with E-state index in [2.05, 4.69) is 45.1 Å². The highest BCUT2D eigenvalue weighted by atomic mass is 16.5. The summed E-state index contributed by atoms with van der Waals surface area (Å²) >= 11 is 0. The van der Waals surface area contributed by atoms with E-state index >= 15 is 0 Å². The Labute approximate surface area is 325 Å². The maximum atomic E-state index is 13.6. The topological polar surface area (TPSA) is 52.6 Å². The Morgan fingerprint density at radius 1 is 0.365 bits per heavy atom. The number of allylic oxidation sites excluding steroid dienone is 4. The summed E-state index contributed by atoms with van der Waals surface area (Å²) in [5.41, 5.74) is 0. The second kappa shape index (κ2) is 42.2. The van der Waals surface area contributed by atoms with Gasteiger partial charge in [-0.2, -0.15) is 0 Å². The summed E-state index contributed by atoms with van der Waals surface area (Å²) < 4.78 is 11.5. The Hall–Kier alpha value is -1.58. The van der Waals surface area contributed by atoms with Crippen molar-refractivity contribution in [3.05, 3.63) is 24.3 Å². The molecule has 0 N–H and O–H groups in total. The SMILES string of the molecule is CCCCCCCC/C=C\CCCCCCC(C(=O)OCC)C(CCCCCC/C=C\CCCCCCCC)C(=O)OCCCCCCCCCC. The maximum absolute atomic E-state index is 13.6. The molecule has 306 valence electrons. The van der Waals surface area contributed by atoms with E-state index in [9.17, 15) is 9.59 Å². The number of carbonyl (C=O) groups is 2. The van der Waals surface area contributed by atoms with Gasteiger partial charge in [-0.3, -0.25) is 9.59 Å². The monoisotopic (exact) mass is 731 g/mol. The predicted octanol–water partition coefficient (Wildman–Crippen LogP) is 15.8. The molecule has 0 aromatic carbocycles. The van der Waals surface area contributed by atoms with Crippen LogP contribution in [0.5, 0.6) is 0 Å². The van der Waals surface area contributed by atoms with Gasteiger partial charge in [-0.1, -0.05) is 193 Å². The maximum Gasteiger partial charge on any atom is 0.309 e. The van der Waals surface area contributed by atoms with Crippen LogP contribution in [0.25, 0.3) is 0 Å². The first kappa shape index (κ1) is 50.4. The lowest BCUT2D eigenvalue weighted by Gasteiger charge is -2.24. The molecule has 0 saturated heterocycles. The molecule has 0 rings (SSSR count). The highest BCUT2D eigenvalue weighted by molar-refractivity contribution is 5.82. The van der Waals surface area contributed by atoms with Gasteiger partial charge < -0.3 is 9.47 Å². The van der Waals surface area contributed by atoms with Crippen LogP contribution in [0.2, 0.25) is 0 Å². The van der Waals surface area contributed by atoms with Crippen LogP contribution in [0, 0.1) is 11.8 Å². The molecule has 0 fully saturated rings. The van der Waals surface area contributed by atoms with Gasteiger partial charge in [0.25, 0.3) is 0 Å². The molecular weight excluding hydrogens is 641 g/mol. The molecule has 0 aliphatic rings. The van der Waals surface area contributed by atoms with E-state index in [1.54, 1.807) is 0 Å². The van der Waals surface area contributed by atoms with Crippen molar-refractivity contribution >= 4 is 11.9 Å². The van der Waals surface area contributed by atoms with Crippen molar-refractivity contribution in [3.8, 4) is 0 Å². The molecule has 0 aliphatic heterocycles. The third-order valence-corrected chi connectivity index (χ3v) is 10.7. The van der Waals surface area contributed by atoms with Gasteiger partial charge in [-0.25, -0.2) is 0 Å². The standard InChI is InChI=1S/C48H90O4/c1-5-9-12-15-18-21-23-25-27-29-31-33-36-39-42-45(47(49)51-8-4)46(48(50)52-44-41-38-35-20-17-14-11-7-3)43-40-37-34-32-30-28-26-24-22-19-16-13-10-6-2/h25-28,45-46H,5-24,29-44H2,1-4H3/b27-25-,28-26-. The lowest BCUT2D eigenvalue weighted by molar-refractivity contribution is -0.161. The zero-order chi connectivity index (χ0) is 38.0. The van der Waals surface area contributed by atoms with Crippen molar-refractivity contribution in [3.63, 3.8) is 0 Å². The summed E-state index contributed by atoms with van der Waals surface area (Å²) in [7, 11) is 0. The molecule has 52 heavy (non-hydrogen) atoms. The van der Waals surface area contributed by atoms with Crippen LogP contribution in [0.15, 0.2) is 24.3 Å². The summed E-state index contributed by atoms with van der Waals surface area (Å²) in [6.07, 6.45) is 50.4. The third kappa shape index (κ3) is 34.2. The molecule has 0 aromatic rings. The molecule has 4 nitrogen and oxygen atoms in total. The number of rotatable bonds is 41. The van der Waals surface area contributed by atoms with Crippen molar-refractivity contribution in [1.29, 1.82) is 0 Å². The number of unbranched alkanes of at least 4 members (excludes halogenated alkanes) is 27. The Morgan fingerprint density at radius 3 is 1.00 bits per heavy atom. The van der Waals surface area contributed by atoms with E-state index < -0.39 is 11.8 Å². The van der Waals surface area contributed by atoms with Crippen LogP contribution in [0.3, 0.4) is 0 Å². The molecule has 2 unspecified atom stereocenters. The average Bonchev–Trinajstić information content (AvgIpc) is 3.14. The Balaban J connectivity index is 4.78. The van der Waals surface area contributed by atoms with Crippen LogP contribution in [-0.2, 0) is 19.1 Å². The van der Waals surface area contributed by atoms with E-state index in [1.807, 2.05) is 6.92 Å². The zero-order valence-electron chi connectivity index (χ0n) is 35.6. The predicted molar refractivity (Wildman–Crippen MR) is 227 cm³/mol. The van der Waals surface area contributed by atoms with Crippen LogP contribution in [-0.4, -0.2) is 25.2 Å². The summed E-state index contributed by atoms with van der Waals surface area (Å²) in [6, 6.07) is 0. The number of hydrogen-bond acceptors (Lipinski definition) is 4. The van der Waals surface area contributed by atoms with Gasteiger partial charge in [0.1, 0.15) is 0 Å². The fraction of sp³-hybridized carbons (Fsp3) is 0.875. The van der Waals surface area contributed by atoms with E-state index in [0.717, 1.165) is 64.2 Å².